The molecule has 0 fully saturated rings. The summed E-state index contributed by atoms with van der Waals surface area (Å²) in [6.45, 7) is 4.14. The molecule has 0 saturated carbocycles. The maximum Gasteiger partial charge on any atom is 0.329 e. The van der Waals surface area contributed by atoms with Gasteiger partial charge in [0.25, 0.3) is 0 Å². The molecule has 8 nitrogen and oxygen atoms in total. The summed E-state index contributed by atoms with van der Waals surface area (Å²) in [7, 11) is 6.20. The van der Waals surface area contributed by atoms with Crippen LogP contribution in [0.4, 0.5) is 0 Å². The molecule has 1 atom stereocenters. The van der Waals surface area contributed by atoms with Crippen LogP contribution in [-0.4, -0.2) is 83.9 Å². The molecular weight excluding hydrogens is 366 g/mol. The van der Waals surface area contributed by atoms with Gasteiger partial charge in [-0.1, -0.05) is 6.07 Å². The van der Waals surface area contributed by atoms with Crippen LogP contribution in [-0.2, 0) is 24.5 Å². The lowest BCUT2D eigenvalue weighted by Gasteiger charge is -2.42. The minimum absolute atomic E-state index is 0.209. The Kier molecular flexibility index (Phi) is 10.8. The number of nitrogens with zero attached hydrogens (tertiary/aromatic N) is 1. The van der Waals surface area contributed by atoms with Crippen molar-refractivity contribution in [1.29, 1.82) is 0 Å². The fraction of sp³-hybridized carbons (Fsp3) is 0.650. The van der Waals surface area contributed by atoms with Crippen molar-refractivity contribution in [3.8, 4) is 11.5 Å². The Morgan fingerprint density at radius 3 is 1.93 bits per heavy atom. The SMILES string of the molecule is CCOCCC(C(=O)O)(c1c(OC)cccc1OC)N(CCOC)CCOC. The smallest absolute Gasteiger partial charge is 0.329 e. The second kappa shape index (κ2) is 12.6. The third-order valence-corrected chi connectivity index (χ3v) is 4.68. The average Bonchev–Trinajstić information content (AvgIpc) is 2.71. The quantitative estimate of drug-likeness (QED) is 0.448. The third-order valence-electron chi connectivity index (χ3n) is 4.68. The molecule has 1 N–H and O–H groups in total. The average molecular weight is 399 g/mol. The minimum Gasteiger partial charge on any atom is -0.496 e. The molecule has 1 aromatic rings. The molecular formula is C20H33NO7. The van der Waals surface area contributed by atoms with Crippen molar-refractivity contribution in [3.05, 3.63) is 23.8 Å². The van der Waals surface area contributed by atoms with Gasteiger partial charge in [-0.3, -0.25) is 4.90 Å². The predicted octanol–water partition coefficient (Wildman–Crippen LogP) is 2.01. The molecule has 0 amide bonds. The van der Waals surface area contributed by atoms with Gasteiger partial charge in [0.1, 0.15) is 11.5 Å². The monoisotopic (exact) mass is 399 g/mol. The Morgan fingerprint density at radius 1 is 1.00 bits per heavy atom. The van der Waals surface area contributed by atoms with Crippen LogP contribution in [0.5, 0.6) is 11.5 Å². The third kappa shape index (κ3) is 5.57. The maximum absolute atomic E-state index is 12.8. The van der Waals surface area contributed by atoms with Crippen LogP contribution >= 0.6 is 0 Å². The summed E-state index contributed by atoms with van der Waals surface area (Å²) in [5.41, 5.74) is -0.983. The molecule has 0 heterocycles. The van der Waals surface area contributed by atoms with E-state index in [9.17, 15) is 9.90 Å². The van der Waals surface area contributed by atoms with E-state index < -0.39 is 11.5 Å². The molecule has 0 radical (unpaired) electrons. The fourth-order valence-corrected chi connectivity index (χ4v) is 3.31. The van der Waals surface area contributed by atoms with Gasteiger partial charge in [-0.05, 0) is 19.1 Å². The van der Waals surface area contributed by atoms with E-state index in [0.717, 1.165) is 0 Å². The zero-order valence-electron chi connectivity index (χ0n) is 17.5. The molecule has 0 aliphatic rings. The lowest BCUT2D eigenvalue weighted by atomic mass is 9.83. The molecule has 1 unspecified atom stereocenters. The van der Waals surface area contributed by atoms with Crippen molar-refractivity contribution in [2.45, 2.75) is 18.9 Å². The summed E-state index contributed by atoms with van der Waals surface area (Å²) in [5, 5.41) is 10.5. The highest BCUT2D eigenvalue weighted by atomic mass is 16.5. The van der Waals surface area contributed by atoms with Crippen molar-refractivity contribution < 1.29 is 33.6 Å². The first-order valence-corrected chi connectivity index (χ1v) is 9.28. The van der Waals surface area contributed by atoms with E-state index in [-0.39, 0.29) is 13.0 Å². The first-order valence-electron chi connectivity index (χ1n) is 9.28. The van der Waals surface area contributed by atoms with Crippen LogP contribution in [0, 0.1) is 0 Å². The Hall–Kier alpha value is -1.87. The van der Waals surface area contributed by atoms with Crippen LogP contribution in [0.2, 0.25) is 0 Å². The molecule has 0 spiro atoms. The Labute approximate surface area is 167 Å². The first kappa shape index (κ1) is 24.2. The van der Waals surface area contributed by atoms with Gasteiger partial charge in [-0.2, -0.15) is 0 Å². The molecule has 160 valence electrons. The van der Waals surface area contributed by atoms with Gasteiger partial charge in [0, 0.05) is 46.9 Å². The van der Waals surface area contributed by atoms with Gasteiger partial charge in [0.05, 0.1) is 33.0 Å². The molecule has 0 aromatic heterocycles. The Bertz CT molecular complexity index is 566. The van der Waals surface area contributed by atoms with E-state index in [4.69, 9.17) is 23.7 Å². The summed E-state index contributed by atoms with van der Waals surface area (Å²) in [6, 6.07) is 5.24. The summed E-state index contributed by atoms with van der Waals surface area (Å²) in [5.74, 6) is -0.127. The minimum atomic E-state index is -1.44. The number of ether oxygens (including phenoxy) is 5. The van der Waals surface area contributed by atoms with Gasteiger partial charge in [0.2, 0.25) is 0 Å². The molecule has 28 heavy (non-hydrogen) atoms. The van der Waals surface area contributed by atoms with Crippen LogP contribution in [0.1, 0.15) is 18.9 Å². The highest BCUT2D eigenvalue weighted by Crippen LogP contribution is 2.44. The Balaban J connectivity index is 3.66. The second-order valence-corrected chi connectivity index (χ2v) is 6.12. The van der Waals surface area contributed by atoms with E-state index >= 15 is 0 Å². The number of carboxylic acids is 1. The van der Waals surface area contributed by atoms with Crippen LogP contribution in [0.15, 0.2) is 18.2 Å². The summed E-state index contributed by atoms with van der Waals surface area (Å²) < 4.78 is 27.1. The van der Waals surface area contributed by atoms with Crippen molar-refractivity contribution >= 4 is 5.97 Å². The number of carboxylic acid groups (broad SMARTS) is 1. The van der Waals surface area contributed by atoms with Crippen LogP contribution < -0.4 is 9.47 Å². The van der Waals surface area contributed by atoms with Crippen molar-refractivity contribution in [2.75, 3.05) is 68.0 Å². The lowest BCUT2D eigenvalue weighted by molar-refractivity contribution is -0.156. The van der Waals surface area contributed by atoms with Gasteiger partial charge in [0.15, 0.2) is 5.54 Å². The number of hydrogen-bond donors (Lipinski definition) is 1. The standard InChI is InChI=1S/C20H33NO7/c1-6-28-13-10-20(19(22)23,21(11-14-24-2)12-15-25-3)18-16(26-4)8-7-9-17(18)27-5/h7-9H,6,10-15H2,1-5H3,(H,22,23). The lowest BCUT2D eigenvalue weighted by Crippen LogP contribution is -2.55. The molecule has 0 saturated heterocycles. The highest BCUT2D eigenvalue weighted by molar-refractivity contribution is 5.83. The number of carbonyl (C=O) groups is 1. The number of benzene rings is 1. The van der Waals surface area contributed by atoms with Crippen molar-refractivity contribution in [3.63, 3.8) is 0 Å². The van der Waals surface area contributed by atoms with Crippen LogP contribution in [0.25, 0.3) is 0 Å². The molecule has 0 aliphatic carbocycles. The molecule has 8 heteroatoms. The highest BCUT2D eigenvalue weighted by Gasteiger charge is 2.49. The van der Waals surface area contributed by atoms with E-state index in [1.807, 2.05) is 11.8 Å². The van der Waals surface area contributed by atoms with Gasteiger partial charge < -0.3 is 28.8 Å². The number of aliphatic carboxylic acids is 1. The predicted molar refractivity (Wildman–Crippen MR) is 105 cm³/mol. The summed E-state index contributed by atoms with van der Waals surface area (Å²) >= 11 is 0. The zero-order valence-corrected chi connectivity index (χ0v) is 17.5. The van der Waals surface area contributed by atoms with Gasteiger partial charge in [-0.15, -0.1) is 0 Å². The normalized spacial score (nSPS) is 13.4. The topological polar surface area (TPSA) is 86.7 Å². The number of rotatable bonds is 15. The van der Waals surface area contributed by atoms with E-state index in [2.05, 4.69) is 0 Å². The fourth-order valence-electron chi connectivity index (χ4n) is 3.31. The largest absolute Gasteiger partial charge is 0.496 e. The molecule has 1 aromatic carbocycles. The maximum atomic E-state index is 12.8. The molecule has 1 rings (SSSR count). The number of hydrogen-bond acceptors (Lipinski definition) is 7. The van der Waals surface area contributed by atoms with E-state index in [1.54, 1.807) is 32.4 Å². The van der Waals surface area contributed by atoms with Crippen LogP contribution in [0.3, 0.4) is 0 Å². The second-order valence-electron chi connectivity index (χ2n) is 6.12. The zero-order chi connectivity index (χ0) is 21.0. The van der Waals surface area contributed by atoms with E-state index in [1.165, 1.54) is 14.2 Å². The first-order chi connectivity index (χ1) is 13.5. The molecule has 0 aliphatic heterocycles. The van der Waals surface area contributed by atoms with Crippen molar-refractivity contribution in [1.82, 2.24) is 4.90 Å². The number of methoxy groups -OCH3 is 4. The van der Waals surface area contributed by atoms with Gasteiger partial charge in [-0.25, -0.2) is 4.79 Å². The van der Waals surface area contributed by atoms with Gasteiger partial charge >= 0.3 is 5.97 Å². The summed E-state index contributed by atoms with van der Waals surface area (Å²) in [4.78, 5) is 14.7. The summed E-state index contributed by atoms with van der Waals surface area (Å²) in [6.07, 6.45) is 0.209. The Morgan fingerprint density at radius 2 is 1.54 bits per heavy atom. The van der Waals surface area contributed by atoms with E-state index in [0.29, 0.717) is 50.0 Å². The molecule has 0 bridgehead atoms. The van der Waals surface area contributed by atoms with Crippen molar-refractivity contribution in [2.24, 2.45) is 0 Å².